The SMILES string of the molecule is CC1Oc2ccc(C(=O)CCl)cc2N(CC(=O)O)C1=O. The van der Waals surface area contributed by atoms with E-state index in [2.05, 4.69) is 0 Å². The molecule has 0 spiro atoms. The number of anilines is 1. The maximum atomic E-state index is 12.0. The molecule has 1 aliphatic rings. The van der Waals surface area contributed by atoms with Crippen molar-refractivity contribution >= 4 is 34.9 Å². The van der Waals surface area contributed by atoms with Gasteiger partial charge in [0.05, 0.1) is 11.6 Å². The number of hydrogen-bond donors (Lipinski definition) is 1. The van der Waals surface area contributed by atoms with Gasteiger partial charge in [0.25, 0.3) is 5.91 Å². The number of fused-ring (bicyclic) bond motifs is 1. The van der Waals surface area contributed by atoms with Crippen molar-refractivity contribution in [2.75, 3.05) is 17.3 Å². The first-order chi connectivity index (χ1) is 9.43. The van der Waals surface area contributed by atoms with Crippen molar-refractivity contribution in [2.24, 2.45) is 0 Å². The number of rotatable bonds is 4. The standard InChI is InChI=1S/C13H12ClNO5/c1-7-13(19)15(6-12(17)18)9-4-8(10(16)5-14)2-3-11(9)20-7/h2-4,7H,5-6H2,1H3,(H,17,18). The summed E-state index contributed by atoms with van der Waals surface area (Å²) in [6, 6.07) is 4.49. The van der Waals surface area contributed by atoms with E-state index in [9.17, 15) is 14.4 Å². The van der Waals surface area contributed by atoms with E-state index in [1.165, 1.54) is 25.1 Å². The number of Topliss-reactive ketones (excluding diaryl/α,β-unsaturated/α-hetero) is 1. The molecule has 1 aromatic carbocycles. The summed E-state index contributed by atoms with van der Waals surface area (Å²) in [4.78, 5) is 35.6. The molecule has 106 valence electrons. The van der Waals surface area contributed by atoms with Gasteiger partial charge in [-0.25, -0.2) is 0 Å². The number of carboxylic acids is 1. The van der Waals surface area contributed by atoms with E-state index < -0.39 is 24.5 Å². The summed E-state index contributed by atoms with van der Waals surface area (Å²) in [5.41, 5.74) is 0.576. The fraction of sp³-hybridized carbons (Fsp3) is 0.308. The number of carbonyl (C=O) groups excluding carboxylic acids is 2. The first-order valence-electron chi connectivity index (χ1n) is 5.87. The minimum atomic E-state index is -1.15. The minimum Gasteiger partial charge on any atom is -0.480 e. The number of aliphatic carboxylic acids is 1. The zero-order valence-corrected chi connectivity index (χ0v) is 11.4. The summed E-state index contributed by atoms with van der Waals surface area (Å²) in [7, 11) is 0. The fourth-order valence-corrected chi connectivity index (χ4v) is 2.11. The van der Waals surface area contributed by atoms with Gasteiger partial charge in [-0.1, -0.05) is 0 Å². The topological polar surface area (TPSA) is 83.9 Å². The molecule has 0 fully saturated rings. The third-order valence-corrected chi connectivity index (χ3v) is 3.15. The highest BCUT2D eigenvalue weighted by Crippen LogP contribution is 2.34. The van der Waals surface area contributed by atoms with Gasteiger partial charge in [0.2, 0.25) is 0 Å². The molecule has 1 heterocycles. The molecule has 1 amide bonds. The molecule has 0 radical (unpaired) electrons. The van der Waals surface area contributed by atoms with Crippen LogP contribution in [0.15, 0.2) is 18.2 Å². The quantitative estimate of drug-likeness (QED) is 0.669. The number of halogens is 1. The van der Waals surface area contributed by atoms with E-state index in [1.54, 1.807) is 0 Å². The molecule has 6 nitrogen and oxygen atoms in total. The molecule has 0 saturated carbocycles. The lowest BCUT2D eigenvalue weighted by atomic mass is 10.1. The van der Waals surface area contributed by atoms with Crippen molar-refractivity contribution in [3.8, 4) is 5.75 Å². The summed E-state index contributed by atoms with van der Waals surface area (Å²) in [6.07, 6.45) is -0.767. The molecule has 2 rings (SSSR count). The number of hydrogen-bond acceptors (Lipinski definition) is 4. The lowest BCUT2D eigenvalue weighted by Gasteiger charge is -2.32. The second-order valence-electron chi connectivity index (χ2n) is 4.32. The summed E-state index contributed by atoms with van der Waals surface area (Å²) in [5, 5.41) is 8.90. The first-order valence-corrected chi connectivity index (χ1v) is 6.40. The smallest absolute Gasteiger partial charge is 0.323 e. The largest absolute Gasteiger partial charge is 0.480 e. The van der Waals surface area contributed by atoms with Crippen LogP contribution in [0.25, 0.3) is 0 Å². The highest BCUT2D eigenvalue weighted by atomic mass is 35.5. The molecule has 1 atom stereocenters. The summed E-state index contributed by atoms with van der Waals surface area (Å²) in [6.45, 7) is 1.05. The van der Waals surface area contributed by atoms with Crippen molar-refractivity contribution in [3.63, 3.8) is 0 Å². The predicted octanol–water partition coefficient (Wildman–Crippen LogP) is 1.31. The predicted molar refractivity (Wildman–Crippen MR) is 71.6 cm³/mol. The van der Waals surface area contributed by atoms with Gasteiger partial charge in [-0.2, -0.15) is 0 Å². The summed E-state index contributed by atoms with van der Waals surface area (Å²) in [5.74, 6) is -1.74. The van der Waals surface area contributed by atoms with Crippen molar-refractivity contribution in [1.82, 2.24) is 0 Å². The molecule has 1 N–H and O–H groups in total. The highest BCUT2D eigenvalue weighted by molar-refractivity contribution is 6.30. The van der Waals surface area contributed by atoms with Crippen LogP contribution in [0.5, 0.6) is 5.75 Å². The normalized spacial score (nSPS) is 17.4. The van der Waals surface area contributed by atoms with E-state index in [0.717, 1.165) is 4.90 Å². The van der Waals surface area contributed by atoms with Crippen LogP contribution in [-0.4, -0.2) is 41.3 Å². The van der Waals surface area contributed by atoms with Crippen LogP contribution in [0.1, 0.15) is 17.3 Å². The molecule has 1 unspecified atom stereocenters. The van der Waals surface area contributed by atoms with Crippen molar-refractivity contribution in [3.05, 3.63) is 23.8 Å². The highest BCUT2D eigenvalue weighted by Gasteiger charge is 2.33. The van der Waals surface area contributed by atoms with E-state index in [0.29, 0.717) is 11.3 Å². The van der Waals surface area contributed by atoms with Crippen LogP contribution in [0.2, 0.25) is 0 Å². The Labute approximate surface area is 119 Å². The minimum absolute atomic E-state index is 0.192. The maximum Gasteiger partial charge on any atom is 0.323 e. The molecule has 0 aromatic heterocycles. The molecule has 0 aliphatic carbocycles. The van der Waals surface area contributed by atoms with E-state index >= 15 is 0 Å². The zero-order valence-electron chi connectivity index (χ0n) is 10.6. The van der Waals surface area contributed by atoms with Crippen LogP contribution < -0.4 is 9.64 Å². The van der Waals surface area contributed by atoms with Crippen LogP contribution in [0.3, 0.4) is 0 Å². The number of ether oxygens (including phenoxy) is 1. The van der Waals surface area contributed by atoms with E-state index in [4.69, 9.17) is 21.4 Å². The van der Waals surface area contributed by atoms with Gasteiger partial charge in [0.1, 0.15) is 12.3 Å². The third kappa shape index (κ3) is 2.60. The Morgan fingerprint density at radius 3 is 2.75 bits per heavy atom. The number of amides is 1. The molecular weight excluding hydrogens is 286 g/mol. The molecule has 1 aliphatic heterocycles. The monoisotopic (exact) mass is 297 g/mol. The second kappa shape index (κ2) is 5.50. The van der Waals surface area contributed by atoms with Gasteiger partial charge in [-0.3, -0.25) is 19.3 Å². The van der Waals surface area contributed by atoms with Crippen molar-refractivity contribution < 1.29 is 24.2 Å². The number of alkyl halides is 1. The van der Waals surface area contributed by atoms with Crippen LogP contribution in [0.4, 0.5) is 5.69 Å². The number of carboxylic acid groups (broad SMARTS) is 1. The van der Waals surface area contributed by atoms with E-state index in [1.807, 2.05) is 0 Å². The Hall–Kier alpha value is -2.08. The molecule has 1 aromatic rings. The van der Waals surface area contributed by atoms with Crippen molar-refractivity contribution in [1.29, 1.82) is 0 Å². The van der Waals surface area contributed by atoms with Gasteiger partial charge in [-0.15, -0.1) is 11.6 Å². The Morgan fingerprint density at radius 2 is 2.15 bits per heavy atom. The average Bonchev–Trinajstić information content (AvgIpc) is 2.42. The van der Waals surface area contributed by atoms with Gasteiger partial charge >= 0.3 is 5.97 Å². The lowest BCUT2D eigenvalue weighted by molar-refractivity contribution is -0.137. The van der Waals surface area contributed by atoms with E-state index in [-0.39, 0.29) is 17.4 Å². The molecule has 0 bridgehead atoms. The molecule has 0 saturated heterocycles. The van der Waals surface area contributed by atoms with Crippen LogP contribution in [0, 0.1) is 0 Å². The zero-order chi connectivity index (χ0) is 14.9. The van der Waals surface area contributed by atoms with Crippen molar-refractivity contribution in [2.45, 2.75) is 13.0 Å². The van der Waals surface area contributed by atoms with Crippen LogP contribution >= 0.6 is 11.6 Å². The molecular formula is C13H12ClNO5. The maximum absolute atomic E-state index is 12.0. The Balaban J connectivity index is 2.48. The van der Waals surface area contributed by atoms with Gasteiger partial charge in [0.15, 0.2) is 11.9 Å². The Kier molecular flexibility index (Phi) is 3.94. The Bertz CT molecular complexity index is 586. The number of carbonyl (C=O) groups is 3. The molecule has 20 heavy (non-hydrogen) atoms. The lowest BCUT2D eigenvalue weighted by Crippen LogP contribution is -2.46. The Morgan fingerprint density at radius 1 is 1.45 bits per heavy atom. The second-order valence-corrected chi connectivity index (χ2v) is 4.58. The number of benzene rings is 1. The van der Waals surface area contributed by atoms with Gasteiger partial charge in [-0.05, 0) is 25.1 Å². The van der Waals surface area contributed by atoms with Gasteiger partial charge in [0, 0.05) is 5.56 Å². The van der Waals surface area contributed by atoms with Gasteiger partial charge < -0.3 is 9.84 Å². The number of nitrogens with zero attached hydrogens (tertiary/aromatic N) is 1. The summed E-state index contributed by atoms with van der Waals surface area (Å²) < 4.78 is 5.40. The number of ketones is 1. The summed E-state index contributed by atoms with van der Waals surface area (Å²) >= 11 is 5.49. The fourth-order valence-electron chi connectivity index (χ4n) is 1.96. The third-order valence-electron chi connectivity index (χ3n) is 2.90. The average molecular weight is 298 g/mol. The molecule has 7 heteroatoms. The first kappa shape index (κ1) is 14.3. The van der Waals surface area contributed by atoms with Crippen LogP contribution in [-0.2, 0) is 9.59 Å².